The maximum Gasteiger partial charge on any atom is 0.295 e. The quantitative estimate of drug-likeness (QED) is 0.322. The number of ether oxygens (including phenoxy) is 3. The highest BCUT2D eigenvalue weighted by molar-refractivity contribution is 6.46. The Balaban J connectivity index is 2.21. The molecule has 1 fully saturated rings. The van der Waals surface area contributed by atoms with Crippen LogP contribution in [0.25, 0.3) is 5.76 Å². The van der Waals surface area contributed by atoms with Gasteiger partial charge in [0.1, 0.15) is 5.76 Å². The lowest BCUT2D eigenvalue weighted by atomic mass is 9.95. The Kier molecular flexibility index (Phi) is 8.12. The van der Waals surface area contributed by atoms with E-state index >= 15 is 0 Å². The molecule has 1 atom stereocenters. The minimum absolute atomic E-state index is 0.00465. The summed E-state index contributed by atoms with van der Waals surface area (Å²) in [5.74, 6) is -0.507. The summed E-state index contributed by atoms with van der Waals surface area (Å²) >= 11 is 0. The number of carbonyl (C=O) groups is 2. The average molecular weight is 470 g/mol. The predicted octanol–water partition coefficient (Wildman–Crippen LogP) is 2.87. The number of benzene rings is 1. The van der Waals surface area contributed by atoms with Gasteiger partial charge in [0.25, 0.3) is 11.7 Å². The zero-order valence-electron chi connectivity index (χ0n) is 20.2. The number of Topliss-reactive ketones (excluding diaryl/α,β-unsaturated/α-hetero) is 1. The molecule has 9 heteroatoms. The van der Waals surface area contributed by atoms with E-state index in [1.54, 1.807) is 24.3 Å². The van der Waals surface area contributed by atoms with Gasteiger partial charge in [0, 0.05) is 31.0 Å². The highest BCUT2D eigenvalue weighted by atomic mass is 16.5. The fraction of sp³-hybridized carbons (Fsp3) is 0.400. The van der Waals surface area contributed by atoms with E-state index in [1.165, 1.54) is 38.6 Å². The van der Waals surface area contributed by atoms with Gasteiger partial charge in [-0.2, -0.15) is 0 Å². The summed E-state index contributed by atoms with van der Waals surface area (Å²) < 4.78 is 16.4. The third-order valence-electron chi connectivity index (χ3n) is 6.05. The Bertz CT molecular complexity index is 1040. The van der Waals surface area contributed by atoms with Gasteiger partial charge in [0.2, 0.25) is 5.75 Å². The van der Waals surface area contributed by atoms with Gasteiger partial charge in [0.15, 0.2) is 11.5 Å². The molecule has 0 aliphatic carbocycles. The number of likely N-dealkylation sites (N-methyl/N-ethyl adjacent to an activating group) is 1. The smallest absolute Gasteiger partial charge is 0.295 e. The van der Waals surface area contributed by atoms with Crippen LogP contribution in [0.5, 0.6) is 17.2 Å². The molecule has 1 N–H and O–H groups in total. The molecule has 1 saturated heterocycles. The van der Waals surface area contributed by atoms with Crippen LogP contribution in [0.2, 0.25) is 0 Å². The number of nitrogens with zero attached hydrogens (tertiary/aromatic N) is 3. The highest BCUT2D eigenvalue weighted by Gasteiger charge is 2.46. The molecule has 0 bridgehead atoms. The summed E-state index contributed by atoms with van der Waals surface area (Å²) in [7, 11) is 4.49. The topological polar surface area (TPSA) is 101 Å². The number of aliphatic hydroxyl groups excluding tert-OH is 1. The number of hydrogen-bond donors (Lipinski definition) is 1. The SMILES string of the molecule is CCN(CC)CCN1C(=O)C(=O)/C(=C(/O)c2ccncc2)[C@H]1c1cc(OC)c(OC)c(OC)c1. The van der Waals surface area contributed by atoms with Crippen LogP contribution in [0, 0.1) is 0 Å². The van der Waals surface area contributed by atoms with Crippen LogP contribution >= 0.6 is 0 Å². The first-order chi connectivity index (χ1) is 16.4. The van der Waals surface area contributed by atoms with Gasteiger partial charge in [-0.3, -0.25) is 14.6 Å². The first kappa shape index (κ1) is 25.0. The summed E-state index contributed by atoms with van der Waals surface area (Å²) in [6.45, 7) is 6.59. The molecular formula is C25H31N3O6. The van der Waals surface area contributed by atoms with Crippen molar-refractivity contribution in [1.29, 1.82) is 0 Å². The van der Waals surface area contributed by atoms with Crippen molar-refractivity contribution in [3.8, 4) is 17.2 Å². The molecule has 0 unspecified atom stereocenters. The van der Waals surface area contributed by atoms with E-state index in [9.17, 15) is 14.7 Å². The molecule has 34 heavy (non-hydrogen) atoms. The monoisotopic (exact) mass is 469 g/mol. The molecule has 3 rings (SSSR count). The van der Waals surface area contributed by atoms with Crippen LogP contribution in [0.1, 0.15) is 31.0 Å². The first-order valence-electron chi connectivity index (χ1n) is 11.1. The van der Waals surface area contributed by atoms with Gasteiger partial charge < -0.3 is 29.1 Å². The van der Waals surface area contributed by atoms with E-state index in [4.69, 9.17) is 14.2 Å². The molecule has 9 nitrogen and oxygen atoms in total. The van der Waals surface area contributed by atoms with E-state index in [-0.39, 0.29) is 11.3 Å². The van der Waals surface area contributed by atoms with Gasteiger partial charge in [-0.25, -0.2) is 0 Å². The van der Waals surface area contributed by atoms with Crippen molar-refractivity contribution < 1.29 is 28.9 Å². The number of aliphatic hydroxyl groups is 1. The number of pyridine rings is 1. The normalized spacial score (nSPS) is 17.4. The number of amides is 1. The number of ketones is 1. The second-order valence-electron chi connectivity index (χ2n) is 7.71. The Morgan fingerprint density at radius 3 is 2.12 bits per heavy atom. The van der Waals surface area contributed by atoms with Crippen LogP contribution < -0.4 is 14.2 Å². The van der Waals surface area contributed by atoms with E-state index in [0.717, 1.165) is 13.1 Å². The van der Waals surface area contributed by atoms with Gasteiger partial charge in [0.05, 0.1) is 32.9 Å². The summed E-state index contributed by atoms with van der Waals surface area (Å²) in [6, 6.07) is 5.73. The number of carbonyl (C=O) groups excluding carboxylic acids is 2. The number of methoxy groups -OCH3 is 3. The maximum absolute atomic E-state index is 13.2. The molecule has 1 aliphatic heterocycles. The molecule has 2 heterocycles. The van der Waals surface area contributed by atoms with E-state index in [0.29, 0.717) is 41.5 Å². The van der Waals surface area contributed by atoms with Crippen LogP contribution in [-0.4, -0.2) is 79.1 Å². The van der Waals surface area contributed by atoms with Gasteiger partial charge in [-0.15, -0.1) is 0 Å². The molecule has 1 aromatic carbocycles. The third kappa shape index (κ3) is 4.70. The number of rotatable bonds is 10. The van der Waals surface area contributed by atoms with Crippen LogP contribution in [0.15, 0.2) is 42.2 Å². The minimum atomic E-state index is -0.836. The van der Waals surface area contributed by atoms with Crippen molar-refractivity contribution in [2.45, 2.75) is 19.9 Å². The molecule has 1 aliphatic rings. The Hall–Kier alpha value is -3.59. The molecule has 2 aromatic rings. The summed E-state index contributed by atoms with van der Waals surface area (Å²) in [6.07, 6.45) is 3.03. The number of hydrogen-bond acceptors (Lipinski definition) is 8. The third-order valence-corrected chi connectivity index (χ3v) is 6.05. The van der Waals surface area contributed by atoms with Gasteiger partial charge >= 0.3 is 0 Å². The first-order valence-corrected chi connectivity index (χ1v) is 11.1. The zero-order valence-corrected chi connectivity index (χ0v) is 20.2. The zero-order chi connectivity index (χ0) is 24.8. The lowest BCUT2D eigenvalue weighted by Gasteiger charge is -2.29. The fourth-order valence-corrected chi connectivity index (χ4v) is 4.17. The van der Waals surface area contributed by atoms with Crippen LogP contribution in [0.3, 0.4) is 0 Å². The Labute approximate surface area is 199 Å². The standard InChI is InChI=1S/C25H31N3O6/c1-6-27(7-2)12-13-28-21(17-14-18(32-3)24(34-5)19(15-17)33-4)20(23(30)25(28)31)22(29)16-8-10-26-11-9-16/h8-11,14-15,21,29H,6-7,12-13H2,1-5H3/b22-20+/t21-/m1/s1. The van der Waals surface area contributed by atoms with Crippen molar-refractivity contribution in [1.82, 2.24) is 14.8 Å². The Morgan fingerprint density at radius 2 is 1.62 bits per heavy atom. The minimum Gasteiger partial charge on any atom is -0.507 e. The van der Waals surface area contributed by atoms with Crippen molar-refractivity contribution in [2.75, 3.05) is 47.5 Å². The second-order valence-corrected chi connectivity index (χ2v) is 7.71. The van der Waals surface area contributed by atoms with Crippen molar-refractivity contribution in [3.63, 3.8) is 0 Å². The lowest BCUT2D eigenvalue weighted by molar-refractivity contribution is -0.140. The van der Waals surface area contributed by atoms with Gasteiger partial charge in [-0.1, -0.05) is 13.8 Å². The average Bonchev–Trinajstić information content (AvgIpc) is 3.13. The lowest BCUT2D eigenvalue weighted by Crippen LogP contribution is -2.38. The van der Waals surface area contributed by atoms with Crippen molar-refractivity contribution in [3.05, 3.63) is 53.4 Å². The fourth-order valence-electron chi connectivity index (χ4n) is 4.17. The number of likely N-dealkylation sites (tertiary alicyclic amines) is 1. The van der Waals surface area contributed by atoms with Crippen molar-refractivity contribution >= 4 is 17.4 Å². The van der Waals surface area contributed by atoms with Crippen LogP contribution in [0.4, 0.5) is 0 Å². The molecule has 0 saturated carbocycles. The molecule has 0 radical (unpaired) electrons. The van der Waals surface area contributed by atoms with Crippen molar-refractivity contribution in [2.24, 2.45) is 0 Å². The molecule has 182 valence electrons. The molecule has 1 amide bonds. The van der Waals surface area contributed by atoms with Gasteiger partial charge in [-0.05, 0) is 42.9 Å². The highest BCUT2D eigenvalue weighted by Crippen LogP contribution is 2.45. The van der Waals surface area contributed by atoms with E-state index in [2.05, 4.69) is 9.88 Å². The molecular weight excluding hydrogens is 438 g/mol. The van der Waals surface area contributed by atoms with E-state index in [1.807, 2.05) is 13.8 Å². The predicted molar refractivity (Wildman–Crippen MR) is 127 cm³/mol. The molecule has 1 aromatic heterocycles. The van der Waals surface area contributed by atoms with Crippen LogP contribution in [-0.2, 0) is 9.59 Å². The molecule has 0 spiro atoms. The summed E-state index contributed by atoms with van der Waals surface area (Å²) in [4.78, 5) is 34.0. The Morgan fingerprint density at radius 1 is 1.03 bits per heavy atom. The number of aromatic nitrogens is 1. The van der Waals surface area contributed by atoms with E-state index < -0.39 is 17.7 Å². The summed E-state index contributed by atoms with van der Waals surface area (Å²) in [5, 5.41) is 11.1. The maximum atomic E-state index is 13.2. The summed E-state index contributed by atoms with van der Waals surface area (Å²) in [5.41, 5.74) is 0.961. The largest absolute Gasteiger partial charge is 0.507 e. The second kappa shape index (κ2) is 11.0.